The van der Waals surface area contributed by atoms with E-state index in [-0.39, 0.29) is 5.91 Å². The van der Waals surface area contributed by atoms with Crippen molar-refractivity contribution in [1.82, 2.24) is 4.90 Å². The van der Waals surface area contributed by atoms with Gasteiger partial charge < -0.3 is 4.90 Å². The Bertz CT molecular complexity index is 354. The maximum atomic E-state index is 11.4. The molecule has 0 aromatic heterocycles. The average molecular weight is 247 g/mol. The molecular weight excluding hydrogens is 222 g/mol. The molecule has 0 aromatic carbocycles. The Labute approximate surface area is 111 Å². The third kappa shape index (κ3) is 4.52. The second-order valence-electron chi connectivity index (χ2n) is 5.22. The summed E-state index contributed by atoms with van der Waals surface area (Å²) in [7, 11) is 0. The first-order chi connectivity index (χ1) is 8.54. The molecule has 0 spiro atoms. The van der Waals surface area contributed by atoms with E-state index in [1.54, 1.807) is 17.9 Å². The fraction of sp³-hybridized carbons (Fsp3) is 0.562. The Balaban J connectivity index is 2.49. The SMILES string of the molecule is C=CCN(C/C=C\C1CCC(C)=CC1C)C(C)=O. The molecule has 0 aliphatic heterocycles. The van der Waals surface area contributed by atoms with Gasteiger partial charge in [-0.05, 0) is 31.6 Å². The van der Waals surface area contributed by atoms with Crippen LogP contribution in [0.5, 0.6) is 0 Å². The predicted octanol–water partition coefficient (Wildman–Crippen LogP) is 3.57. The second kappa shape index (κ2) is 7.20. The standard InChI is InChI=1S/C16H25NO/c1-5-10-17(15(4)18)11-6-7-16-9-8-13(2)12-14(16)3/h5-7,12,14,16H,1,8-11H2,2-4H3/b7-6-. The van der Waals surface area contributed by atoms with E-state index in [9.17, 15) is 4.79 Å². The van der Waals surface area contributed by atoms with Crippen molar-refractivity contribution < 1.29 is 4.79 Å². The summed E-state index contributed by atoms with van der Waals surface area (Å²) in [6.45, 7) is 11.1. The van der Waals surface area contributed by atoms with Crippen LogP contribution in [0.2, 0.25) is 0 Å². The van der Waals surface area contributed by atoms with E-state index in [4.69, 9.17) is 0 Å². The molecule has 0 aromatic rings. The zero-order valence-electron chi connectivity index (χ0n) is 11.9. The third-order valence-electron chi connectivity index (χ3n) is 3.60. The van der Waals surface area contributed by atoms with E-state index in [1.165, 1.54) is 18.4 Å². The van der Waals surface area contributed by atoms with E-state index in [2.05, 4.69) is 38.7 Å². The fourth-order valence-electron chi connectivity index (χ4n) is 2.43. The van der Waals surface area contributed by atoms with Crippen molar-refractivity contribution in [2.24, 2.45) is 11.8 Å². The van der Waals surface area contributed by atoms with Gasteiger partial charge in [-0.15, -0.1) is 6.58 Å². The van der Waals surface area contributed by atoms with Crippen LogP contribution in [-0.4, -0.2) is 23.9 Å². The largest absolute Gasteiger partial charge is 0.336 e. The molecular formula is C16H25NO. The maximum Gasteiger partial charge on any atom is 0.220 e. The Morgan fingerprint density at radius 1 is 1.56 bits per heavy atom. The highest BCUT2D eigenvalue weighted by molar-refractivity contribution is 5.73. The Morgan fingerprint density at radius 3 is 2.83 bits per heavy atom. The topological polar surface area (TPSA) is 20.3 Å². The number of carbonyl (C=O) groups is 1. The van der Waals surface area contributed by atoms with Crippen LogP contribution in [-0.2, 0) is 4.79 Å². The smallest absolute Gasteiger partial charge is 0.220 e. The first-order valence-electron chi connectivity index (χ1n) is 6.75. The van der Waals surface area contributed by atoms with Crippen molar-refractivity contribution in [3.8, 4) is 0 Å². The number of nitrogens with zero attached hydrogens (tertiary/aromatic N) is 1. The molecule has 0 bridgehead atoms. The number of allylic oxidation sites excluding steroid dienone is 3. The summed E-state index contributed by atoms with van der Waals surface area (Å²) in [5.74, 6) is 1.33. The first-order valence-corrected chi connectivity index (χ1v) is 6.75. The highest BCUT2D eigenvalue weighted by Crippen LogP contribution is 2.29. The van der Waals surface area contributed by atoms with E-state index in [0.717, 1.165) is 0 Å². The summed E-state index contributed by atoms with van der Waals surface area (Å²) in [6.07, 6.45) is 11.0. The summed E-state index contributed by atoms with van der Waals surface area (Å²) in [5.41, 5.74) is 1.50. The molecule has 0 heterocycles. The van der Waals surface area contributed by atoms with Gasteiger partial charge in [0, 0.05) is 20.0 Å². The van der Waals surface area contributed by atoms with Gasteiger partial charge in [0.1, 0.15) is 0 Å². The van der Waals surface area contributed by atoms with Gasteiger partial charge in [0.15, 0.2) is 0 Å². The van der Waals surface area contributed by atoms with Crippen LogP contribution in [0.3, 0.4) is 0 Å². The monoisotopic (exact) mass is 247 g/mol. The van der Waals surface area contributed by atoms with Gasteiger partial charge in [0.05, 0.1) is 0 Å². The minimum absolute atomic E-state index is 0.104. The molecule has 0 saturated heterocycles. The van der Waals surface area contributed by atoms with E-state index in [0.29, 0.717) is 24.9 Å². The summed E-state index contributed by atoms with van der Waals surface area (Å²) < 4.78 is 0. The molecule has 1 aliphatic rings. The minimum atomic E-state index is 0.104. The minimum Gasteiger partial charge on any atom is -0.336 e. The average Bonchev–Trinajstić information content (AvgIpc) is 2.30. The van der Waals surface area contributed by atoms with E-state index < -0.39 is 0 Å². The quantitative estimate of drug-likeness (QED) is 0.680. The first kappa shape index (κ1) is 14.7. The second-order valence-corrected chi connectivity index (χ2v) is 5.22. The molecule has 18 heavy (non-hydrogen) atoms. The maximum absolute atomic E-state index is 11.4. The summed E-state index contributed by atoms with van der Waals surface area (Å²) >= 11 is 0. The highest BCUT2D eigenvalue weighted by atomic mass is 16.2. The lowest BCUT2D eigenvalue weighted by molar-refractivity contribution is -0.127. The fourth-order valence-corrected chi connectivity index (χ4v) is 2.43. The van der Waals surface area contributed by atoms with Gasteiger partial charge in [-0.3, -0.25) is 4.79 Å². The van der Waals surface area contributed by atoms with Crippen molar-refractivity contribution >= 4 is 5.91 Å². The lowest BCUT2D eigenvalue weighted by Gasteiger charge is -2.24. The summed E-state index contributed by atoms with van der Waals surface area (Å²) in [4.78, 5) is 13.1. The highest BCUT2D eigenvalue weighted by Gasteiger charge is 2.17. The molecule has 2 atom stereocenters. The predicted molar refractivity (Wildman–Crippen MR) is 77.2 cm³/mol. The van der Waals surface area contributed by atoms with Crippen LogP contribution < -0.4 is 0 Å². The van der Waals surface area contributed by atoms with E-state index in [1.807, 2.05) is 0 Å². The van der Waals surface area contributed by atoms with Crippen LogP contribution in [0.15, 0.2) is 36.5 Å². The molecule has 2 nitrogen and oxygen atoms in total. The molecule has 0 radical (unpaired) electrons. The van der Waals surface area contributed by atoms with Gasteiger partial charge in [0.25, 0.3) is 0 Å². The molecule has 2 heteroatoms. The lowest BCUT2D eigenvalue weighted by atomic mass is 9.82. The van der Waals surface area contributed by atoms with Gasteiger partial charge in [-0.2, -0.15) is 0 Å². The molecule has 2 unspecified atom stereocenters. The summed E-state index contributed by atoms with van der Waals surface area (Å²) in [6, 6.07) is 0. The summed E-state index contributed by atoms with van der Waals surface area (Å²) in [5, 5.41) is 0. The molecule has 1 rings (SSSR count). The van der Waals surface area contributed by atoms with Crippen LogP contribution >= 0.6 is 0 Å². The van der Waals surface area contributed by atoms with E-state index >= 15 is 0 Å². The molecule has 1 aliphatic carbocycles. The van der Waals surface area contributed by atoms with Crippen molar-refractivity contribution in [1.29, 1.82) is 0 Å². The van der Waals surface area contributed by atoms with Crippen molar-refractivity contribution in [2.75, 3.05) is 13.1 Å². The molecule has 1 amide bonds. The molecule has 100 valence electrons. The number of rotatable bonds is 5. The number of hydrogen-bond donors (Lipinski definition) is 0. The van der Waals surface area contributed by atoms with Crippen LogP contribution in [0.25, 0.3) is 0 Å². The van der Waals surface area contributed by atoms with Gasteiger partial charge in [-0.25, -0.2) is 0 Å². The molecule has 0 saturated carbocycles. The van der Waals surface area contributed by atoms with Crippen molar-refractivity contribution in [3.63, 3.8) is 0 Å². The number of amides is 1. The zero-order valence-corrected chi connectivity index (χ0v) is 11.9. The Morgan fingerprint density at radius 2 is 2.28 bits per heavy atom. The van der Waals surface area contributed by atoms with Crippen molar-refractivity contribution in [2.45, 2.75) is 33.6 Å². The number of hydrogen-bond acceptors (Lipinski definition) is 1. The van der Waals surface area contributed by atoms with Gasteiger partial charge in [0.2, 0.25) is 5.91 Å². The third-order valence-corrected chi connectivity index (χ3v) is 3.60. The normalized spacial score (nSPS) is 23.8. The Kier molecular flexibility index (Phi) is 5.90. The zero-order chi connectivity index (χ0) is 13.5. The Hall–Kier alpha value is -1.31. The van der Waals surface area contributed by atoms with Crippen LogP contribution in [0.1, 0.15) is 33.6 Å². The van der Waals surface area contributed by atoms with Crippen molar-refractivity contribution in [3.05, 3.63) is 36.5 Å². The lowest BCUT2D eigenvalue weighted by Crippen LogP contribution is -2.29. The molecule has 0 fully saturated rings. The molecule has 0 N–H and O–H groups in total. The van der Waals surface area contributed by atoms with Gasteiger partial charge >= 0.3 is 0 Å². The van der Waals surface area contributed by atoms with Crippen LogP contribution in [0, 0.1) is 11.8 Å². The van der Waals surface area contributed by atoms with Gasteiger partial charge in [-0.1, -0.05) is 36.8 Å². The van der Waals surface area contributed by atoms with Crippen LogP contribution in [0.4, 0.5) is 0 Å². The number of carbonyl (C=O) groups excluding carboxylic acids is 1.